The minimum atomic E-state index is -1.12. The zero-order chi connectivity index (χ0) is 23.2. The van der Waals surface area contributed by atoms with Crippen LogP contribution in [0.5, 0.6) is 11.5 Å². The molecule has 9 nitrogen and oxygen atoms in total. The van der Waals surface area contributed by atoms with Gasteiger partial charge in [0.1, 0.15) is 5.69 Å². The minimum Gasteiger partial charge on any atom is -0.454 e. The molecule has 9 heteroatoms. The molecule has 1 fully saturated rings. The van der Waals surface area contributed by atoms with E-state index in [1.54, 1.807) is 31.2 Å². The summed E-state index contributed by atoms with van der Waals surface area (Å²) in [7, 11) is 0. The third-order valence-electron chi connectivity index (χ3n) is 6.35. The number of rotatable bonds is 7. The van der Waals surface area contributed by atoms with Gasteiger partial charge in [-0.3, -0.25) is 9.59 Å². The number of amides is 2. The number of hydrogen-bond donors (Lipinski definition) is 5. The molecule has 1 saturated carbocycles. The van der Waals surface area contributed by atoms with E-state index >= 15 is 0 Å². The van der Waals surface area contributed by atoms with E-state index in [1.807, 2.05) is 18.2 Å². The second-order valence-corrected chi connectivity index (χ2v) is 8.92. The second-order valence-electron chi connectivity index (χ2n) is 8.92. The highest BCUT2D eigenvalue weighted by Crippen LogP contribution is 2.51. The molecule has 176 valence electrons. The number of aliphatic hydroxyl groups excluding tert-OH is 2. The maximum atomic E-state index is 13.2. The van der Waals surface area contributed by atoms with Gasteiger partial charge in [0.05, 0.1) is 24.2 Å². The van der Waals surface area contributed by atoms with Crippen LogP contribution in [0.15, 0.2) is 42.5 Å². The van der Waals surface area contributed by atoms with Crippen LogP contribution in [0.2, 0.25) is 0 Å². The fourth-order valence-electron chi connectivity index (χ4n) is 4.02. The molecule has 0 unspecified atom stereocenters. The van der Waals surface area contributed by atoms with Gasteiger partial charge >= 0.3 is 0 Å². The lowest BCUT2D eigenvalue weighted by atomic mass is 9.94. The number of aromatic amines is 1. The Bertz CT molecular complexity index is 1250. The maximum Gasteiger partial charge on any atom is 0.268 e. The van der Waals surface area contributed by atoms with Gasteiger partial charge in [-0.15, -0.1) is 0 Å². The Morgan fingerprint density at radius 3 is 2.58 bits per heavy atom. The molecule has 2 amide bonds. The van der Waals surface area contributed by atoms with Gasteiger partial charge in [0, 0.05) is 19.4 Å². The monoisotopic (exact) mass is 455 g/mol. The summed E-state index contributed by atoms with van der Waals surface area (Å²) in [5.74, 6) is 0.814. The smallest absolute Gasteiger partial charge is 0.268 e. The molecule has 1 aliphatic heterocycles. The molecule has 0 radical (unpaired) electrons. The lowest BCUT2D eigenvalue weighted by molar-refractivity contribution is -0.118. The van der Waals surface area contributed by atoms with Crippen LogP contribution in [0.25, 0.3) is 10.9 Å². The Balaban J connectivity index is 0.00000171. The van der Waals surface area contributed by atoms with E-state index in [-0.39, 0.29) is 15.6 Å². The first-order valence-corrected chi connectivity index (χ1v) is 10.7. The summed E-state index contributed by atoms with van der Waals surface area (Å²) in [6.45, 7) is 0.955. The number of carbonyl (C=O) groups is 2. The molecule has 1 aliphatic carbocycles. The molecule has 0 atom stereocenters. The van der Waals surface area contributed by atoms with Crippen molar-refractivity contribution < 1.29 is 32.1 Å². The highest BCUT2D eigenvalue weighted by Gasteiger charge is 2.51. The molecule has 0 bridgehead atoms. The largest absolute Gasteiger partial charge is 0.454 e. The van der Waals surface area contributed by atoms with Gasteiger partial charge in [-0.05, 0) is 61.7 Å². The molecule has 3 aromatic rings. The van der Waals surface area contributed by atoms with Crippen LogP contribution in [-0.4, -0.2) is 52.6 Å². The number of aromatic nitrogens is 1. The molecular weight excluding hydrogens is 426 g/mol. The Labute approximate surface area is 192 Å². The predicted octanol–water partition coefficient (Wildman–Crippen LogP) is 2.53. The average Bonchev–Trinajstić information content (AvgIpc) is 3.31. The number of aliphatic hydroxyl groups is 2. The molecule has 2 heterocycles. The SMILES string of the molecule is CC(CO)(CO)NC(=O)c1cc2cc(NC(=O)C3(c4ccc5c(c4)OCO5)CC3)ccc2[nH]1.[HH].[HH]. The summed E-state index contributed by atoms with van der Waals surface area (Å²) < 4.78 is 10.8. The van der Waals surface area contributed by atoms with Crippen molar-refractivity contribution in [3.05, 3.63) is 53.7 Å². The number of H-pyrrole nitrogens is 1. The van der Waals surface area contributed by atoms with Crippen LogP contribution < -0.4 is 20.1 Å². The highest BCUT2D eigenvalue weighted by atomic mass is 16.7. The first kappa shape index (κ1) is 21.3. The van der Waals surface area contributed by atoms with Crippen molar-refractivity contribution in [1.82, 2.24) is 10.3 Å². The van der Waals surface area contributed by atoms with Gasteiger partial charge in [-0.2, -0.15) is 0 Å². The van der Waals surface area contributed by atoms with Crippen LogP contribution in [-0.2, 0) is 10.2 Å². The summed E-state index contributed by atoms with van der Waals surface area (Å²) in [6, 6.07) is 12.7. The van der Waals surface area contributed by atoms with E-state index in [0.717, 1.165) is 29.3 Å². The Kier molecular flexibility index (Phi) is 5.02. The van der Waals surface area contributed by atoms with E-state index in [9.17, 15) is 19.8 Å². The number of carbonyl (C=O) groups excluding carboxylic acids is 2. The molecule has 0 spiro atoms. The Morgan fingerprint density at radius 2 is 1.85 bits per heavy atom. The molecule has 33 heavy (non-hydrogen) atoms. The van der Waals surface area contributed by atoms with Crippen molar-refractivity contribution in [2.45, 2.75) is 30.7 Å². The minimum absolute atomic E-state index is 0. The van der Waals surface area contributed by atoms with Crippen LogP contribution in [0.3, 0.4) is 0 Å². The molecule has 2 aromatic carbocycles. The van der Waals surface area contributed by atoms with Crippen LogP contribution in [0.4, 0.5) is 5.69 Å². The molecule has 5 rings (SSSR count). The molecule has 5 N–H and O–H groups in total. The van der Waals surface area contributed by atoms with Crippen LogP contribution >= 0.6 is 0 Å². The molecule has 2 aliphatic rings. The fourth-order valence-corrected chi connectivity index (χ4v) is 4.02. The second kappa shape index (κ2) is 7.79. The third kappa shape index (κ3) is 3.79. The lowest BCUT2D eigenvalue weighted by Gasteiger charge is -2.25. The third-order valence-corrected chi connectivity index (χ3v) is 6.35. The first-order valence-electron chi connectivity index (χ1n) is 10.7. The zero-order valence-electron chi connectivity index (χ0n) is 18.1. The Morgan fingerprint density at radius 1 is 1.09 bits per heavy atom. The van der Waals surface area contributed by atoms with Crippen LogP contribution in [0.1, 0.15) is 38.7 Å². The number of ether oxygens (including phenoxy) is 2. The molecule has 0 saturated heterocycles. The van der Waals surface area contributed by atoms with Crippen molar-refractivity contribution in [2.24, 2.45) is 0 Å². The van der Waals surface area contributed by atoms with Crippen molar-refractivity contribution in [1.29, 1.82) is 0 Å². The van der Waals surface area contributed by atoms with E-state index < -0.39 is 30.1 Å². The zero-order valence-corrected chi connectivity index (χ0v) is 18.1. The van der Waals surface area contributed by atoms with E-state index in [1.165, 1.54) is 0 Å². The van der Waals surface area contributed by atoms with E-state index in [0.29, 0.717) is 22.9 Å². The van der Waals surface area contributed by atoms with Crippen molar-refractivity contribution in [3.8, 4) is 11.5 Å². The lowest BCUT2D eigenvalue weighted by Crippen LogP contribution is -2.51. The normalized spacial score (nSPS) is 16.0. The molecule has 1 aromatic heterocycles. The predicted molar refractivity (Wildman–Crippen MR) is 125 cm³/mol. The summed E-state index contributed by atoms with van der Waals surface area (Å²) in [5, 5.41) is 25.2. The van der Waals surface area contributed by atoms with Crippen molar-refractivity contribution in [2.75, 3.05) is 25.3 Å². The van der Waals surface area contributed by atoms with Gasteiger partial charge in [0.2, 0.25) is 12.7 Å². The number of anilines is 1. The first-order chi connectivity index (χ1) is 15.9. The van der Waals surface area contributed by atoms with Gasteiger partial charge in [-0.1, -0.05) is 6.07 Å². The maximum absolute atomic E-state index is 13.2. The van der Waals surface area contributed by atoms with Crippen LogP contribution in [0, 0.1) is 0 Å². The number of fused-ring (bicyclic) bond motifs is 2. The highest BCUT2D eigenvalue weighted by molar-refractivity contribution is 6.03. The number of hydrogen-bond acceptors (Lipinski definition) is 6. The van der Waals surface area contributed by atoms with Gasteiger partial charge in [0.15, 0.2) is 11.5 Å². The summed E-state index contributed by atoms with van der Waals surface area (Å²) in [5.41, 5.74) is 0.840. The number of benzene rings is 2. The Hall–Kier alpha value is -3.56. The topological polar surface area (TPSA) is 133 Å². The van der Waals surface area contributed by atoms with Crippen molar-refractivity contribution >= 4 is 28.4 Å². The van der Waals surface area contributed by atoms with Crippen molar-refractivity contribution in [3.63, 3.8) is 0 Å². The molecular formula is C24H29N3O6. The number of nitrogens with one attached hydrogen (secondary N) is 3. The summed E-state index contributed by atoms with van der Waals surface area (Å²) >= 11 is 0. The van der Waals surface area contributed by atoms with E-state index in [2.05, 4.69) is 15.6 Å². The summed E-state index contributed by atoms with van der Waals surface area (Å²) in [6.07, 6.45) is 1.51. The van der Waals surface area contributed by atoms with Gasteiger partial charge in [-0.25, -0.2) is 0 Å². The fraction of sp³-hybridized carbons (Fsp3) is 0.333. The van der Waals surface area contributed by atoms with Gasteiger partial charge in [0.25, 0.3) is 5.91 Å². The average molecular weight is 456 g/mol. The standard InChI is InChI=1S/C24H25N3O6.2H2/c1-23(11-28,12-29)27-21(30)18-9-14-8-16(3-4-17(14)26-18)25-22(31)24(6-7-24)15-2-5-19-20(10-15)33-13-32-19;;/h2-5,8-10,26,28-29H,6-7,11-13H2,1H3,(H,25,31)(H,27,30);2*1H. The van der Waals surface area contributed by atoms with E-state index in [4.69, 9.17) is 9.47 Å². The summed E-state index contributed by atoms with van der Waals surface area (Å²) in [4.78, 5) is 28.7. The quantitative estimate of drug-likeness (QED) is 0.372. The van der Waals surface area contributed by atoms with Gasteiger partial charge < -0.3 is 35.3 Å².